The molecule has 2 aromatic carbocycles. The van der Waals surface area contributed by atoms with Gasteiger partial charge in [-0.25, -0.2) is 0 Å². The zero-order valence-corrected chi connectivity index (χ0v) is 19.8. The summed E-state index contributed by atoms with van der Waals surface area (Å²) in [5, 5.41) is 4.83. The second kappa shape index (κ2) is 10.2. The van der Waals surface area contributed by atoms with Crippen LogP contribution in [0.25, 0.3) is 10.8 Å². The van der Waals surface area contributed by atoms with E-state index < -0.39 is 0 Å². The molecule has 2 aliphatic heterocycles. The van der Waals surface area contributed by atoms with Crippen molar-refractivity contribution in [2.45, 2.75) is 32.1 Å². The van der Waals surface area contributed by atoms with E-state index >= 15 is 0 Å². The molecular weight excluding hydrogens is 428 g/mol. The fourth-order valence-electron chi connectivity index (χ4n) is 5.60. The number of rotatable bonds is 7. The molecule has 1 aliphatic carbocycles. The highest BCUT2D eigenvalue weighted by Gasteiger charge is 2.33. The lowest BCUT2D eigenvalue weighted by Crippen LogP contribution is -2.52. The van der Waals surface area contributed by atoms with Gasteiger partial charge in [0.1, 0.15) is 0 Å². The van der Waals surface area contributed by atoms with Crippen molar-refractivity contribution in [1.82, 2.24) is 20.0 Å². The van der Waals surface area contributed by atoms with Crippen LogP contribution < -0.4 is 5.32 Å². The maximum atomic E-state index is 13.1. The molecule has 1 saturated heterocycles. The fourth-order valence-corrected chi connectivity index (χ4v) is 5.60. The van der Waals surface area contributed by atoms with Crippen molar-refractivity contribution in [3.05, 3.63) is 47.5 Å². The summed E-state index contributed by atoms with van der Waals surface area (Å²) in [6.45, 7) is 5.60. The van der Waals surface area contributed by atoms with Gasteiger partial charge in [0, 0.05) is 62.3 Å². The van der Waals surface area contributed by atoms with Gasteiger partial charge < -0.3 is 5.32 Å². The zero-order valence-electron chi connectivity index (χ0n) is 19.8. The highest BCUT2D eigenvalue weighted by atomic mass is 16.2. The fraction of sp³-hybridized carbons (Fsp3) is 0.519. The molecule has 0 unspecified atom stereocenters. The summed E-state index contributed by atoms with van der Waals surface area (Å²) >= 11 is 0. The van der Waals surface area contributed by atoms with Gasteiger partial charge in [0.15, 0.2) is 0 Å². The van der Waals surface area contributed by atoms with Gasteiger partial charge in [-0.1, -0.05) is 43.5 Å². The van der Waals surface area contributed by atoms with Crippen LogP contribution in [0, 0.1) is 5.92 Å². The molecular formula is C27H34N4O3. The SMILES string of the molecule is O=C(CN1CCN(CCN2C(=O)c3cccc4cccc(c34)C2=O)CC1)NCC1CCCCC1. The molecule has 0 atom stereocenters. The quantitative estimate of drug-likeness (QED) is 0.641. The first-order valence-corrected chi connectivity index (χ1v) is 12.7. The van der Waals surface area contributed by atoms with Gasteiger partial charge in [-0.05, 0) is 36.3 Å². The number of carbonyl (C=O) groups excluding carboxylic acids is 3. The van der Waals surface area contributed by atoms with Crippen molar-refractivity contribution in [1.29, 1.82) is 0 Å². The maximum Gasteiger partial charge on any atom is 0.261 e. The third-order valence-electron chi connectivity index (χ3n) is 7.64. The number of imide groups is 1. The van der Waals surface area contributed by atoms with Crippen LogP contribution in [0.1, 0.15) is 52.8 Å². The van der Waals surface area contributed by atoms with Crippen LogP contribution in [0.15, 0.2) is 36.4 Å². The van der Waals surface area contributed by atoms with Crippen molar-refractivity contribution in [2.24, 2.45) is 5.92 Å². The van der Waals surface area contributed by atoms with E-state index in [1.165, 1.54) is 37.0 Å². The second-order valence-corrected chi connectivity index (χ2v) is 9.90. The zero-order chi connectivity index (χ0) is 23.5. The lowest BCUT2D eigenvalue weighted by atomic mass is 9.89. The summed E-state index contributed by atoms with van der Waals surface area (Å²) in [6, 6.07) is 11.2. The summed E-state index contributed by atoms with van der Waals surface area (Å²) < 4.78 is 0. The van der Waals surface area contributed by atoms with Gasteiger partial charge in [0.2, 0.25) is 5.91 Å². The number of hydrogen-bond donors (Lipinski definition) is 1. The Morgan fingerprint density at radius 3 is 2.09 bits per heavy atom. The molecule has 34 heavy (non-hydrogen) atoms. The molecule has 2 fully saturated rings. The number of piperazine rings is 1. The molecule has 3 amide bonds. The summed E-state index contributed by atoms with van der Waals surface area (Å²) in [7, 11) is 0. The molecule has 1 saturated carbocycles. The summed E-state index contributed by atoms with van der Waals surface area (Å²) in [6.07, 6.45) is 6.39. The molecule has 2 aromatic rings. The summed E-state index contributed by atoms with van der Waals surface area (Å²) in [4.78, 5) is 44.4. The number of carbonyl (C=O) groups is 3. The Hall–Kier alpha value is -2.77. The molecule has 2 heterocycles. The van der Waals surface area contributed by atoms with E-state index in [1.807, 2.05) is 36.4 Å². The molecule has 0 bridgehead atoms. The van der Waals surface area contributed by atoms with Crippen LogP contribution in [0.5, 0.6) is 0 Å². The Balaban J connectivity index is 1.09. The first kappa shape index (κ1) is 23.0. The molecule has 5 rings (SSSR count). The third kappa shape index (κ3) is 4.86. The van der Waals surface area contributed by atoms with Gasteiger partial charge in [-0.15, -0.1) is 0 Å². The summed E-state index contributed by atoms with van der Waals surface area (Å²) in [5.74, 6) is 0.357. The van der Waals surface area contributed by atoms with Crippen molar-refractivity contribution in [3.63, 3.8) is 0 Å². The molecule has 0 radical (unpaired) electrons. The van der Waals surface area contributed by atoms with Gasteiger partial charge in [-0.2, -0.15) is 0 Å². The molecule has 7 heteroatoms. The van der Waals surface area contributed by atoms with E-state index in [2.05, 4.69) is 15.1 Å². The number of amides is 3. The maximum absolute atomic E-state index is 13.1. The minimum atomic E-state index is -0.206. The van der Waals surface area contributed by atoms with Gasteiger partial charge in [0.25, 0.3) is 11.8 Å². The van der Waals surface area contributed by atoms with Gasteiger partial charge in [0.05, 0.1) is 6.54 Å². The molecule has 1 N–H and O–H groups in total. The largest absolute Gasteiger partial charge is 0.355 e. The van der Waals surface area contributed by atoms with Crippen LogP contribution in [0.2, 0.25) is 0 Å². The summed E-state index contributed by atoms with van der Waals surface area (Å²) in [5.41, 5.74) is 1.22. The lowest BCUT2D eigenvalue weighted by molar-refractivity contribution is -0.122. The number of hydrogen-bond acceptors (Lipinski definition) is 5. The van der Waals surface area contributed by atoms with Gasteiger partial charge >= 0.3 is 0 Å². The third-order valence-corrected chi connectivity index (χ3v) is 7.64. The number of nitrogens with one attached hydrogen (secondary N) is 1. The predicted molar refractivity (Wildman–Crippen MR) is 132 cm³/mol. The van der Waals surface area contributed by atoms with Crippen LogP contribution in [-0.2, 0) is 4.79 Å². The Bertz CT molecular complexity index is 1020. The molecule has 3 aliphatic rings. The van der Waals surface area contributed by atoms with E-state index in [1.54, 1.807) is 0 Å². The van der Waals surface area contributed by atoms with Crippen molar-refractivity contribution >= 4 is 28.5 Å². The van der Waals surface area contributed by atoms with Crippen LogP contribution in [0.4, 0.5) is 0 Å². The normalized spacial score (nSPS) is 20.2. The number of benzene rings is 2. The number of nitrogens with zero attached hydrogens (tertiary/aromatic N) is 3. The minimum absolute atomic E-state index is 0.122. The Kier molecular flexibility index (Phi) is 6.92. The first-order chi connectivity index (χ1) is 16.6. The average molecular weight is 463 g/mol. The van der Waals surface area contributed by atoms with E-state index in [0.29, 0.717) is 36.7 Å². The Morgan fingerprint density at radius 1 is 0.824 bits per heavy atom. The van der Waals surface area contributed by atoms with E-state index in [-0.39, 0.29) is 17.7 Å². The van der Waals surface area contributed by atoms with Crippen molar-refractivity contribution < 1.29 is 14.4 Å². The lowest BCUT2D eigenvalue weighted by Gasteiger charge is -2.36. The predicted octanol–water partition coefficient (Wildman–Crippen LogP) is 2.75. The second-order valence-electron chi connectivity index (χ2n) is 9.90. The van der Waals surface area contributed by atoms with Crippen molar-refractivity contribution in [2.75, 3.05) is 52.4 Å². The molecule has 7 nitrogen and oxygen atoms in total. The minimum Gasteiger partial charge on any atom is -0.355 e. The van der Waals surface area contributed by atoms with Gasteiger partial charge in [-0.3, -0.25) is 29.1 Å². The Morgan fingerprint density at radius 2 is 1.44 bits per heavy atom. The highest BCUT2D eigenvalue weighted by Crippen LogP contribution is 2.29. The topological polar surface area (TPSA) is 73.0 Å². The smallest absolute Gasteiger partial charge is 0.261 e. The molecule has 0 aromatic heterocycles. The van der Waals surface area contributed by atoms with Crippen molar-refractivity contribution in [3.8, 4) is 0 Å². The monoisotopic (exact) mass is 462 g/mol. The average Bonchev–Trinajstić information content (AvgIpc) is 2.87. The standard InChI is InChI=1S/C27H34N4O3/c32-24(28-18-20-6-2-1-3-7-20)19-30-14-12-29(13-15-30)16-17-31-26(33)22-10-4-8-21-9-5-11-23(25(21)22)27(31)34/h4-5,8-11,20H,1-3,6-7,12-19H2,(H,28,32). The Labute approximate surface area is 201 Å². The van der Waals surface area contributed by atoms with E-state index in [4.69, 9.17) is 0 Å². The molecule has 180 valence electrons. The highest BCUT2D eigenvalue weighted by molar-refractivity contribution is 6.25. The van der Waals surface area contributed by atoms with Crippen LogP contribution in [-0.4, -0.2) is 84.8 Å². The molecule has 0 spiro atoms. The van der Waals surface area contributed by atoms with E-state index in [9.17, 15) is 14.4 Å². The van der Waals surface area contributed by atoms with Crippen LogP contribution >= 0.6 is 0 Å². The first-order valence-electron chi connectivity index (χ1n) is 12.7. The van der Waals surface area contributed by atoms with Crippen LogP contribution in [0.3, 0.4) is 0 Å². The van der Waals surface area contributed by atoms with E-state index in [0.717, 1.165) is 43.5 Å².